The molecule has 0 N–H and O–H groups in total. The molecule has 1 aromatic heterocycles. The number of para-hydroxylation sites is 1. The summed E-state index contributed by atoms with van der Waals surface area (Å²) < 4.78 is 5.76. The summed E-state index contributed by atoms with van der Waals surface area (Å²) in [7, 11) is 3.47. The smallest absolute Gasteiger partial charge is 0.254 e. The molecule has 0 atom stereocenters. The summed E-state index contributed by atoms with van der Waals surface area (Å²) in [6.45, 7) is 2.14. The van der Waals surface area contributed by atoms with Crippen molar-refractivity contribution in [2.45, 2.75) is 6.54 Å². The first-order chi connectivity index (χ1) is 10.6. The van der Waals surface area contributed by atoms with Crippen LogP contribution in [0.5, 0.6) is 5.75 Å². The molecule has 0 spiro atoms. The number of amides is 1. The Bertz CT molecular complexity index is 668. The van der Waals surface area contributed by atoms with E-state index in [1.807, 2.05) is 30.3 Å². The normalized spacial score (nSPS) is 13.8. The highest BCUT2D eigenvalue weighted by Gasteiger charge is 2.17. The highest BCUT2D eigenvalue weighted by Crippen LogP contribution is 2.25. The molecule has 0 fully saturated rings. The van der Waals surface area contributed by atoms with Gasteiger partial charge >= 0.3 is 0 Å². The molecule has 1 amide bonds. The maximum Gasteiger partial charge on any atom is 0.254 e. The summed E-state index contributed by atoms with van der Waals surface area (Å²) in [6.07, 6.45) is 1.63. The van der Waals surface area contributed by atoms with E-state index in [2.05, 4.69) is 16.0 Å². The fourth-order valence-electron chi connectivity index (χ4n) is 2.48. The molecule has 114 valence electrons. The summed E-state index contributed by atoms with van der Waals surface area (Å²) in [5.74, 6) is 1.75. The molecule has 1 aliphatic rings. The molecule has 2 heterocycles. The van der Waals surface area contributed by atoms with Gasteiger partial charge in [0.05, 0.1) is 12.1 Å². The van der Waals surface area contributed by atoms with E-state index in [1.54, 1.807) is 25.2 Å². The fourth-order valence-corrected chi connectivity index (χ4v) is 2.48. The second-order valence-electron chi connectivity index (χ2n) is 5.48. The minimum Gasteiger partial charge on any atom is -0.491 e. The number of carbonyl (C=O) groups excluding carboxylic acids is 1. The summed E-state index contributed by atoms with van der Waals surface area (Å²) in [5, 5.41) is 0. The van der Waals surface area contributed by atoms with Crippen molar-refractivity contribution >= 4 is 11.7 Å². The zero-order valence-electron chi connectivity index (χ0n) is 12.8. The van der Waals surface area contributed by atoms with Crippen molar-refractivity contribution in [2.75, 3.05) is 32.1 Å². The van der Waals surface area contributed by atoms with Crippen LogP contribution in [0.1, 0.15) is 15.9 Å². The van der Waals surface area contributed by atoms with E-state index in [4.69, 9.17) is 4.74 Å². The molecule has 5 heteroatoms. The third-order valence-electron chi connectivity index (χ3n) is 3.68. The Balaban J connectivity index is 1.81. The fraction of sp³-hybridized carbons (Fsp3) is 0.294. The summed E-state index contributed by atoms with van der Waals surface area (Å²) in [4.78, 5) is 20.1. The first kappa shape index (κ1) is 14.4. The predicted molar refractivity (Wildman–Crippen MR) is 85.2 cm³/mol. The lowest BCUT2D eigenvalue weighted by atomic mass is 10.2. The van der Waals surface area contributed by atoms with Crippen LogP contribution in [0.4, 0.5) is 5.82 Å². The monoisotopic (exact) mass is 297 g/mol. The Morgan fingerprint density at radius 2 is 2.05 bits per heavy atom. The molecule has 3 rings (SSSR count). The van der Waals surface area contributed by atoms with E-state index in [9.17, 15) is 4.79 Å². The van der Waals surface area contributed by atoms with Gasteiger partial charge in [-0.05, 0) is 18.2 Å². The largest absolute Gasteiger partial charge is 0.491 e. The average Bonchev–Trinajstić information content (AvgIpc) is 2.76. The first-order valence-corrected chi connectivity index (χ1v) is 7.28. The minimum atomic E-state index is -0.0383. The van der Waals surface area contributed by atoms with Gasteiger partial charge < -0.3 is 14.5 Å². The van der Waals surface area contributed by atoms with Crippen LogP contribution >= 0.6 is 0 Å². The number of hydrogen-bond acceptors (Lipinski definition) is 4. The van der Waals surface area contributed by atoms with E-state index >= 15 is 0 Å². The number of anilines is 1. The Morgan fingerprint density at radius 1 is 1.23 bits per heavy atom. The lowest BCUT2D eigenvalue weighted by Crippen LogP contribution is -2.26. The van der Waals surface area contributed by atoms with Gasteiger partial charge in [0.15, 0.2) is 0 Å². The van der Waals surface area contributed by atoms with Gasteiger partial charge in [0.2, 0.25) is 0 Å². The third kappa shape index (κ3) is 2.88. The molecule has 5 nitrogen and oxygen atoms in total. The van der Waals surface area contributed by atoms with Crippen molar-refractivity contribution in [3.63, 3.8) is 0 Å². The van der Waals surface area contributed by atoms with Gasteiger partial charge in [-0.1, -0.05) is 18.2 Å². The van der Waals surface area contributed by atoms with E-state index in [-0.39, 0.29) is 5.91 Å². The van der Waals surface area contributed by atoms with Crippen molar-refractivity contribution < 1.29 is 9.53 Å². The minimum absolute atomic E-state index is 0.0383. The number of carbonyl (C=O) groups is 1. The van der Waals surface area contributed by atoms with Crippen LogP contribution in [0.15, 0.2) is 42.6 Å². The Labute approximate surface area is 130 Å². The predicted octanol–water partition coefficient (Wildman–Crippen LogP) is 2.18. The lowest BCUT2D eigenvalue weighted by Gasteiger charge is -2.21. The first-order valence-electron chi connectivity index (χ1n) is 7.28. The average molecular weight is 297 g/mol. The molecule has 1 aliphatic heterocycles. The molecule has 0 unspecified atom stereocenters. The zero-order chi connectivity index (χ0) is 15.5. The van der Waals surface area contributed by atoms with Gasteiger partial charge in [-0.3, -0.25) is 4.79 Å². The highest BCUT2D eigenvalue weighted by molar-refractivity contribution is 5.93. The Morgan fingerprint density at radius 3 is 2.77 bits per heavy atom. The van der Waals surface area contributed by atoms with Crippen LogP contribution < -0.4 is 9.64 Å². The van der Waals surface area contributed by atoms with Gasteiger partial charge in [0.25, 0.3) is 5.91 Å². The number of pyridine rings is 1. The van der Waals surface area contributed by atoms with Crippen molar-refractivity contribution in [2.24, 2.45) is 0 Å². The SMILES string of the molecule is CN(C)C(=O)c1ccc(N2CCOc3ccccc3C2)nc1. The molecule has 0 aliphatic carbocycles. The van der Waals surface area contributed by atoms with Gasteiger partial charge in [0.1, 0.15) is 18.2 Å². The van der Waals surface area contributed by atoms with Crippen LogP contribution in [0.2, 0.25) is 0 Å². The van der Waals surface area contributed by atoms with Gasteiger partial charge in [-0.2, -0.15) is 0 Å². The highest BCUT2D eigenvalue weighted by atomic mass is 16.5. The van der Waals surface area contributed by atoms with Crippen molar-refractivity contribution in [3.8, 4) is 5.75 Å². The standard InChI is InChI=1S/C17H19N3O2/c1-19(2)17(21)13-7-8-16(18-11-13)20-9-10-22-15-6-4-3-5-14(15)12-20/h3-8,11H,9-10,12H2,1-2H3. The molecular weight excluding hydrogens is 278 g/mol. The lowest BCUT2D eigenvalue weighted by molar-refractivity contribution is 0.0827. The van der Waals surface area contributed by atoms with Gasteiger partial charge in [-0.15, -0.1) is 0 Å². The molecule has 0 bridgehead atoms. The number of nitrogens with zero attached hydrogens (tertiary/aromatic N) is 3. The maximum absolute atomic E-state index is 11.9. The maximum atomic E-state index is 11.9. The van der Waals surface area contributed by atoms with Crippen LogP contribution in [-0.4, -0.2) is 43.0 Å². The van der Waals surface area contributed by atoms with Crippen LogP contribution in [0.3, 0.4) is 0 Å². The summed E-state index contributed by atoms with van der Waals surface area (Å²) >= 11 is 0. The number of rotatable bonds is 2. The quantitative estimate of drug-likeness (QED) is 0.852. The van der Waals surface area contributed by atoms with Crippen LogP contribution in [-0.2, 0) is 6.54 Å². The van der Waals surface area contributed by atoms with Crippen LogP contribution in [0.25, 0.3) is 0 Å². The number of hydrogen-bond donors (Lipinski definition) is 0. The molecule has 2 aromatic rings. The summed E-state index contributed by atoms with van der Waals surface area (Å²) in [5.41, 5.74) is 1.75. The third-order valence-corrected chi connectivity index (χ3v) is 3.68. The number of benzene rings is 1. The Hall–Kier alpha value is -2.56. The zero-order valence-corrected chi connectivity index (χ0v) is 12.8. The Kier molecular flexibility index (Phi) is 3.96. The van der Waals surface area contributed by atoms with E-state index in [0.29, 0.717) is 12.2 Å². The summed E-state index contributed by atoms with van der Waals surface area (Å²) in [6, 6.07) is 11.8. The molecule has 0 saturated carbocycles. The number of aromatic nitrogens is 1. The van der Waals surface area contributed by atoms with Gasteiger partial charge in [-0.25, -0.2) is 4.98 Å². The van der Waals surface area contributed by atoms with E-state index in [1.165, 1.54) is 0 Å². The van der Waals surface area contributed by atoms with Crippen LogP contribution in [0, 0.1) is 0 Å². The van der Waals surface area contributed by atoms with E-state index in [0.717, 1.165) is 30.2 Å². The topological polar surface area (TPSA) is 45.7 Å². The van der Waals surface area contributed by atoms with Crippen molar-refractivity contribution in [1.82, 2.24) is 9.88 Å². The molecule has 1 aromatic carbocycles. The molecule has 0 saturated heterocycles. The molecule has 22 heavy (non-hydrogen) atoms. The second-order valence-corrected chi connectivity index (χ2v) is 5.48. The number of ether oxygens (including phenoxy) is 1. The second kappa shape index (κ2) is 6.05. The van der Waals surface area contributed by atoms with Crippen molar-refractivity contribution in [3.05, 3.63) is 53.7 Å². The van der Waals surface area contributed by atoms with E-state index < -0.39 is 0 Å². The van der Waals surface area contributed by atoms with Gasteiger partial charge in [0, 0.05) is 32.4 Å². The molecular formula is C17H19N3O2. The number of fused-ring (bicyclic) bond motifs is 1. The molecule has 0 radical (unpaired) electrons. The van der Waals surface area contributed by atoms with Crippen molar-refractivity contribution in [1.29, 1.82) is 0 Å².